The molecule has 0 aromatic carbocycles. The van der Waals surface area contributed by atoms with Crippen LogP contribution in [0.1, 0.15) is 12.1 Å². The molecule has 0 saturated carbocycles. The molecule has 0 aliphatic carbocycles. The molecule has 6 heteroatoms. The smallest absolute Gasteiger partial charge is 0.223 e. The first kappa shape index (κ1) is 12.1. The third-order valence-electron chi connectivity index (χ3n) is 2.31. The summed E-state index contributed by atoms with van der Waals surface area (Å²) in [6.45, 7) is 2.97. The lowest BCUT2D eigenvalue weighted by atomic mass is 10.3. The Hall–Kier alpha value is -1.94. The molecule has 6 nitrogen and oxygen atoms in total. The summed E-state index contributed by atoms with van der Waals surface area (Å²) in [5, 5.41) is 3.45. The number of aryl methyl sites for hydroxylation is 1. The van der Waals surface area contributed by atoms with Gasteiger partial charge in [0.2, 0.25) is 5.43 Å². The van der Waals surface area contributed by atoms with Crippen LogP contribution >= 0.6 is 0 Å². The van der Waals surface area contributed by atoms with Crippen molar-refractivity contribution >= 4 is 0 Å². The van der Waals surface area contributed by atoms with Crippen LogP contribution in [0.25, 0.3) is 10.4 Å². The van der Waals surface area contributed by atoms with Crippen LogP contribution < -0.4 is 10.2 Å². The highest BCUT2D eigenvalue weighted by Gasteiger charge is 2.06. The van der Waals surface area contributed by atoms with Gasteiger partial charge in [-0.1, -0.05) is 5.11 Å². The molecule has 86 valence electrons. The first-order valence-electron chi connectivity index (χ1n) is 4.95. The highest BCUT2D eigenvalue weighted by Crippen LogP contribution is 2.11. The van der Waals surface area contributed by atoms with Crippen LogP contribution in [0.3, 0.4) is 0 Å². The summed E-state index contributed by atoms with van der Waals surface area (Å²) in [6.07, 6.45) is 2.45. The molecule has 0 aliphatic heterocycles. The number of hydrogen-bond acceptors (Lipinski definition) is 3. The van der Waals surface area contributed by atoms with E-state index >= 15 is 0 Å². The first-order valence-corrected chi connectivity index (χ1v) is 4.95. The van der Waals surface area contributed by atoms with Gasteiger partial charge in [-0.2, -0.15) is 0 Å². The topological polar surface area (TPSA) is 80.0 Å². The molecule has 0 fully saturated rings. The minimum atomic E-state index is -0.119. The maximum absolute atomic E-state index is 11.4. The molecule has 1 heterocycles. The maximum atomic E-state index is 11.4. The van der Waals surface area contributed by atoms with Gasteiger partial charge in [0.15, 0.2) is 5.75 Å². The average molecular weight is 222 g/mol. The van der Waals surface area contributed by atoms with Gasteiger partial charge in [0.05, 0.1) is 12.8 Å². The second kappa shape index (κ2) is 5.82. The van der Waals surface area contributed by atoms with E-state index in [4.69, 9.17) is 10.3 Å². The molecular formula is C10H14N4O2. The Morgan fingerprint density at radius 1 is 1.62 bits per heavy atom. The van der Waals surface area contributed by atoms with Crippen molar-refractivity contribution in [3.05, 3.63) is 38.6 Å². The lowest BCUT2D eigenvalue weighted by molar-refractivity contribution is 0.399. The Kier molecular flexibility index (Phi) is 4.42. The molecule has 0 amide bonds. The standard InChI is InChI=1S/C10H14N4O2/c1-8-10(16-2)9(15)4-7-14(8)6-3-5-12-13-11/h4,7H,3,5-6H2,1-2H3. The molecule has 0 spiro atoms. The largest absolute Gasteiger partial charge is 0.491 e. The van der Waals surface area contributed by atoms with E-state index < -0.39 is 0 Å². The summed E-state index contributed by atoms with van der Waals surface area (Å²) in [4.78, 5) is 14.1. The van der Waals surface area contributed by atoms with Crippen molar-refractivity contribution in [3.63, 3.8) is 0 Å². The minimum absolute atomic E-state index is 0.119. The van der Waals surface area contributed by atoms with Gasteiger partial charge in [-0.3, -0.25) is 4.79 Å². The van der Waals surface area contributed by atoms with Gasteiger partial charge in [0.1, 0.15) is 0 Å². The normalized spacial score (nSPS) is 9.62. The number of hydrogen-bond donors (Lipinski definition) is 0. The lowest BCUT2D eigenvalue weighted by Gasteiger charge is -2.12. The predicted molar refractivity (Wildman–Crippen MR) is 60.6 cm³/mol. The molecule has 0 radical (unpaired) electrons. The Balaban J connectivity index is 2.81. The third kappa shape index (κ3) is 2.77. The van der Waals surface area contributed by atoms with Crippen molar-refractivity contribution in [2.45, 2.75) is 19.9 Å². The summed E-state index contributed by atoms with van der Waals surface area (Å²) in [5.74, 6) is 0.367. The Labute approximate surface area is 93.1 Å². The zero-order valence-corrected chi connectivity index (χ0v) is 9.38. The molecule has 1 aromatic heterocycles. The Bertz CT molecular complexity index is 460. The maximum Gasteiger partial charge on any atom is 0.223 e. The number of aromatic nitrogens is 1. The first-order chi connectivity index (χ1) is 7.70. The highest BCUT2D eigenvalue weighted by atomic mass is 16.5. The van der Waals surface area contributed by atoms with E-state index in [0.29, 0.717) is 18.8 Å². The van der Waals surface area contributed by atoms with Crippen LogP contribution in [0.15, 0.2) is 22.2 Å². The second-order valence-electron chi connectivity index (χ2n) is 3.30. The Morgan fingerprint density at radius 2 is 2.38 bits per heavy atom. The summed E-state index contributed by atoms with van der Waals surface area (Å²) in [6, 6.07) is 1.47. The minimum Gasteiger partial charge on any atom is -0.491 e. The van der Waals surface area contributed by atoms with E-state index in [1.54, 1.807) is 6.20 Å². The monoisotopic (exact) mass is 222 g/mol. The fraction of sp³-hybridized carbons (Fsp3) is 0.500. The van der Waals surface area contributed by atoms with Crippen LogP contribution in [0.2, 0.25) is 0 Å². The average Bonchev–Trinajstić information content (AvgIpc) is 2.28. The van der Waals surface area contributed by atoms with Crippen molar-refractivity contribution in [2.24, 2.45) is 5.11 Å². The van der Waals surface area contributed by atoms with Crippen molar-refractivity contribution in [1.82, 2.24) is 4.57 Å². The van der Waals surface area contributed by atoms with Gasteiger partial charge in [0, 0.05) is 30.3 Å². The van der Waals surface area contributed by atoms with Gasteiger partial charge in [0.25, 0.3) is 0 Å². The SMILES string of the molecule is COc1c(C)n(CCCN=[N+]=[N-])ccc1=O. The van der Waals surface area contributed by atoms with E-state index in [1.165, 1.54) is 13.2 Å². The predicted octanol–water partition coefficient (Wildman–Crippen LogP) is 1.87. The van der Waals surface area contributed by atoms with Crippen LogP contribution in [-0.4, -0.2) is 18.2 Å². The van der Waals surface area contributed by atoms with Crippen molar-refractivity contribution < 1.29 is 4.74 Å². The molecule has 1 rings (SSSR count). The number of methoxy groups -OCH3 is 1. The third-order valence-corrected chi connectivity index (χ3v) is 2.31. The highest BCUT2D eigenvalue weighted by molar-refractivity contribution is 5.26. The molecule has 0 aliphatic rings. The van der Waals surface area contributed by atoms with Gasteiger partial charge >= 0.3 is 0 Å². The lowest BCUT2D eigenvalue weighted by Crippen LogP contribution is -2.13. The van der Waals surface area contributed by atoms with Gasteiger partial charge in [-0.25, -0.2) is 0 Å². The molecule has 0 N–H and O–H groups in total. The number of pyridine rings is 1. The molecule has 0 saturated heterocycles. The van der Waals surface area contributed by atoms with Gasteiger partial charge < -0.3 is 9.30 Å². The van der Waals surface area contributed by atoms with E-state index in [9.17, 15) is 4.79 Å². The van der Waals surface area contributed by atoms with E-state index in [-0.39, 0.29) is 5.43 Å². The number of nitrogens with zero attached hydrogens (tertiary/aromatic N) is 4. The molecule has 0 atom stereocenters. The summed E-state index contributed by atoms with van der Waals surface area (Å²) in [7, 11) is 1.48. The molecule has 0 unspecified atom stereocenters. The summed E-state index contributed by atoms with van der Waals surface area (Å²) < 4.78 is 6.94. The fourth-order valence-electron chi connectivity index (χ4n) is 1.50. The van der Waals surface area contributed by atoms with Crippen molar-refractivity contribution in [1.29, 1.82) is 0 Å². The van der Waals surface area contributed by atoms with Crippen LogP contribution in [0.5, 0.6) is 5.75 Å². The zero-order chi connectivity index (χ0) is 12.0. The molecule has 16 heavy (non-hydrogen) atoms. The Morgan fingerprint density at radius 3 is 3.00 bits per heavy atom. The van der Waals surface area contributed by atoms with E-state index in [2.05, 4.69) is 10.0 Å². The molecule has 1 aromatic rings. The van der Waals surface area contributed by atoms with Crippen LogP contribution in [0, 0.1) is 6.92 Å². The number of ether oxygens (including phenoxy) is 1. The van der Waals surface area contributed by atoms with Crippen LogP contribution in [-0.2, 0) is 6.54 Å². The van der Waals surface area contributed by atoms with E-state index in [1.807, 2.05) is 11.5 Å². The summed E-state index contributed by atoms with van der Waals surface area (Å²) >= 11 is 0. The summed E-state index contributed by atoms with van der Waals surface area (Å²) in [5.41, 5.74) is 8.80. The number of rotatable bonds is 5. The van der Waals surface area contributed by atoms with Gasteiger partial charge in [-0.05, 0) is 18.9 Å². The quantitative estimate of drug-likeness (QED) is 0.330. The zero-order valence-electron chi connectivity index (χ0n) is 9.38. The van der Waals surface area contributed by atoms with Gasteiger partial charge in [-0.15, -0.1) is 0 Å². The molecular weight excluding hydrogens is 208 g/mol. The van der Waals surface area contributed by atoms with Crippen molar-refractivity contribution in [3.8, 4) is 5.75 Å². The van der Waals surface area contributed by atoms with Crippen LogP contribution in [0.4, 0.5) is 0 Å². The van der Waals surface area contributed by atoms with Crippen molar-refractivity contribution in [2.75, 3.05) is 13.7 Å². The number of azide groups is 1. The van der Waals surface area contributed by atoms with E-state index in [0.717, 1.165) is 12.1 Å². The second-order valence-corrected chi connectivity index (χ2v) is 3.30. The fourth-order valence-corrected chi connectivity index (χ4v) is 1.50. The molecule has 0 bridgehead atoms.